The average molecular weight is 473 g/mol. The Balaban J connectivity index is 1.11. The Bertz CT molecular complexity index is 1550. The number of hydrogen-bond donors (Lipinski definition) is 2. The Kier molecular flexibility index (Phi) is 5.84. The Morgan fingerprint density at radius 2 is 1.64 bits per heavy atom. The van der Waals surface area contributed by atoms with Crippen molar-refractivity contribution in [1.29, 1.82) is 0 Å². The number of nitrogens with zero attached hydrogens (tertiary/aromatic N) is 2. The SMILES string of the molecule is Cc1cc(Nc2cccc(C(=O)NCCN3Cc4cccc5cccc(c45)C3)c2)c2ccccc2n1. The number of aryl methyl sites for hydroxylation is 1. The predicted octanol–water partition coefficient (Wildman–Crippen LogP) is 6.19. The van der Waals surface area contributed by atoms with E-state index in [0.29, 0.717) is 12.1 Å². The van der Waals surface area contributed by atoms with Crippen LogP contribution in [-0.4, -0.2) is 28.9 Å². The first-order chi connectivity index (χ1) is 17.6. The van der Waals surface area contributed by atoms with Gasteiger partial charge in [-0.05, 0) is 59.2 Å². The number of rotatable bonds is 6. The molecule has 1 amide bonds. The van der Waals surface area contributed by atoms with Crippen LogP contribution in [0.1, 0.15) is 27.2 Å². The highest BCUT2D eigenvalue weighted by molar-refractivity contribution is 5.97. The summed E-state index contributed by atoms with van der Waals surface area (Å²) >= 11 is 0. The molecule has 2 N–H and O–H groups in total. The molecule has 0 atom stereocenters. The lowest BCUT2D eigenvalue weighted by Crippen LogP contribution is -2.35. The normalized spacial score (nSPS) is 13.1. The van der Waals surface area contributed by atoms with Crippen LogP contribution in [-0.2, 0) is 13.1 Å². The van der Waals surface area contributed by atoms with Crippen molar-refractivity contribution in [3.05, 3.63) is 113 Å². The molecule has 4 aromatic carbocycles. The van der Waals surface area contributed by atoms with Crippen LogP contribution < -0.4 is 10.6 Å². The highest BCUT2D eigenvalue weighted by Crippen LogP contribution is 2.30. The number of nitrogens with one attached hydrogen (secondary N) is 2. The minimum absolute atomic E-state index is 0.0612. The smallest absolute Gasteiger partial charge is 0.251 e. The molecular weight excluding hydrogens is 444 g/mol. The van der Waals surface area contributed by atoms with Gasteiger partial charge < -0.3 is 10.6 Å². The highest BCUT2D eigenvalue weighted by atomic mass is 16.1. The zero-order valence-electron chi connectivity index (χ0n) is 20.3. The zero-order chi connectivity index (χ0) is 24.5. The van der Waals surface area contributed by atoms with Crippen molar-refractivity contribution in [2.45, 2.75) is 20.0 Å². The maximum atomic E-state index is 12.9. The summed E-state index contributed by atoms with van der Waals surface area (Å²) < 4.78 is 0. The quantitative estimate of drug-likeness (QED) is 0.310. The van der Waals surface area contributed by atoms with Gasteiger partial charge in [-0.15, -0.1) is 0 Å². The number of pyridine rings is 1. The largest absolute Gasteiger partial charge is 0.355 e. The summed E-state index contributed by atoms with van der Waals surface area (Å²) in [5, 5.41) is 10.3. The number of para-hydroxylation sites is 1. The standard InChI is InChI=1S/C31H28N4O/c1-21-17-29(27-13-2-3-14-28(27)33-21)34-26-12-6-9-23(18-26)31(36)32-15-16-35-19-24-10-4-7-22-8-5-11-25(20-35)30(22)24/h2-14,17-18H,15-16,19-20H2,1H3,(H,32,36)(H,33,34). The molecule has 1 aliphatic heterocycles. The molecule has 36 heavy (non-hydrogen) atoms. The zero-order valence-corrected chi connectivity index (χ0v) is 20.3. The van der Waals surface area contributed by atoms with Gasteiger partial charge in [0.2, 0.25) is 0 Å². The molecule has 0 unspecified atom stereocenters. The first-order valence-electron chi connectivity index (χ1n) is 12.4. The Hall–Kier alpha value is -4.22. The summed E-state index contributed by atoms with van der Waals surface area (Å²) in [5.74, 6) is -0.0612. The van der Waals surface area contributed by atoms with Crippen molar-refractivity contribution in [3.63, 3.8) is 0 Å². The van der Waals surface area contributed by atoms with Crippen molar-refractivity contribution in [2.24, 2.45) is 0 Å². The van der Waals surface area contributed by atoms with Gasteiger partial charge >= 0.3 is 0 Å². The van der Waals surface area contributed by atoms with Gasteiger partial charge in [0.25, 0.3) is 5.91 Å². The molecule has 0 fully saturated rings. The summed E-state index contributed by atoms with van der Waals surface area (Å²) in [7, 11) is 0. The van der Waals surface area contributed by atoms with Crippen molar-refractivity contribution in [2.75, 3.05) is 18.4 Å². The van der Waals surface area contributed by atoms with Gasteiger partial charge in [0, 0.05) is 54.2 Å². The number of benzene rings is 4. The van der Waals surface area contributed by atoms with Crippen LogP contribution in [0.2, 0.25) is 0 Å². The van der Waals surface area contributed by atoms with Crippen molar-refractivity contribution >= 4 is 39.0 Å². The Labute approximate surface area is 210 Å². The highest BCUT2D eigenvalue weighted by Gasteiger charge is 2.18. The minimum atomic E-state index is -0.0612. The third-order valence-electron chi connectivity index (χ3n) is 6.83. The van der Waals surface area contributed by atoms with Crippen LogP contribution in [0.4, 0.5) is 11.4 Å². The molecular formula is C31H28N4O. The molecule has 5 aromatic rings. The number of carbonyl (C=O) groups is 1. The van der Waals surface area contributed by atoms with E-state index in [-0.39, 0.29) is 5.91 Å². The molecule has 6 rings (SSSR count). The second-order valence-corrected chi connectivity index (χ2v) is 9.43. The molecule has 0 aliphatic carbocycles. The van der Waals surface area contributed by atoms with Crippen molar-refractivity contribution in [3.8, 4) is 0 Å². The minimum Gasteiger partial charge on any atom is -0.355 e. The lowest BCUT2D eigenvalue weighted by Gasteiger charge is -2.29. The number of carbonyl (C=O) groups excluding carboxylic acids is 1. The number of fused-ring (bicyclic) bond motifs is 1. The second-order valence-electron chi connectivity index (χ2n) is 9.43. The van der Waals surface area contributed by atoms with Crippen LogP contribution in [0.25, 0.3) is 21.7 Å². The molecule has 0 saturated carbocycles. The molecule has 5 heteroatoms. The van der Waals surface area contributed by atoms with E-state index in [1.807, 2.05) is 55.5 Å². The predicted molar refractivity (Wildman–Crippen MR) is 147 cm³/mol. The summed E-state index contributed by atoms with van der Waals surface area (Å²) in [6, 6.07) is 30.8. The molecule has 0 spiro atoms. The van der Waals surface area contributed by atoms with Crippen LogP contribution in [0.5, 0.6) is 0 Å². The van der Waals surface area contributed by atoms with Crippen LogP contribution in [0.15, 0.2) is 91.0 Å². The molecule has 178 valence electrons. The van der Waals surface area contributed by atoms with Crippen LogP contribution >= 0.6 is 0 Å². The van der Waals surface area contributed by atoms with E-state index < -0.39 is 0 Å². The average Bonchev–Trinajstić information content (AvgIpc) is 2.89. The third-order valence-corrected chi connectivity index (χ3v) is 6.83. The number of amides is 1. The fourth-order valence-corrected chi connectivity index (χ4v) is 5.20. The molecule has 1 aliphatic rings. The van der Waals surface area contributed by atoms with Crippen LogP contribution in [0, 0.1) is 6.92 Å². The molecule has 0 bridgehead atoms. The maximum absolute atomic E-state index is 12.9. The van der Waals surface area contributed by atoms with E-state index in [1.54, 1.807) is 0 Å². The second kappa shape index (κ2) is 9.44. The number of aromatic nitrogens is 1. The topological polar surface area (TPSA) is 57.3 Å². The lowest BCUT2D eigenvalue weighted by atomic mass is 9.95. The van der Waals surface area contributed by atoms with Gasteiger partial charge in [-0.3, -0.25) is 14.7 Å². The molecule has 0 saturated heterocycles. The fourth-order valence-electron chi connectivity index (χ4n) is 5.20. The Morgan fingerprint density at radius 3 is 2.44 bits per heavy atom. The van der Waals surface area contributed by atoms with E-state index in [4.69, 9.17) is 0 Å². The van der Waals surface area contributed by atoms with Crippen molar-refractivity contribution < 1.29 is 4.79 Å². The van der Waals surface area contributed by atoms with E-state index in [9.17, 15) is 4.79 Å². The van der Waals surface area contributed by atoms with E-state index in [2.05, 4.69) is 63.0 Å². The molecule has 5 nitrogen and oxygen atoms in total. The lowest BCUT2D eigenvalue weighted by molar-refractivity contribution is 0.0947. The monoisotopic (exact) mass is 472 g/mol. The summed E-state index contributed by atoms with van der Waals surface area (Å²) in [4.78, 5) is 19.9. The van der Waals surface area contributed by atoms with Crippen molar-refractivity contribution in [1.82, 2.24) is 15.2 Å². The maximum Gasteiger partial charge on any atom is 0.251 e. The van der Waals surface area contributed by atoms with Gasteiger partial charge in [0.15, 0.2) is 0 Å². The van der Waals surface area contributed by atoms with Gasteiger partial charge in [-0.25, -0.2) is 0 Å². The Morgan fingerprint density at radius 1 is 0.889 bits per heavy atom. The first kappa shape index (κ1) is 22.3. The van der Waals surface area contributed by atoms with Gasteiger partial charge in [0.05, 0.1) is 5.52 Å². The first-order valence-corrected chi connectivity index (χ1v) is 12.4. The van der Waals surface area contributed by atoms with Gasteiger partial charge in [-0.1, -0.05) is 60.7 Å². The molecule has 2 heterocycles. The van der Waals surface area contributed by atoms with Crippen LogP contribution in [0.3, 0.4) is 0 Å². The summed E-state index contributed by atoms with van der Waals surface area (Å²) in [6.07, 6.45) is 0. The molecule has 1 aromatic heterocycles. The summed E-state index contributed by atoms with van der Waals surface area (Å²) in [6.45, 7) is 5.20. The number of hydrogen-bond acceptors (Lipinski definition) is 4. The van der Waals surface area contributed by atoms with E-state index in [1.165, 1.54) is 21.9 Å². The van der Waals surface area contributed by atoms with Gasteiger partial charge in [0.1, 0.15) is 0 Å². The van der Waals surface area contributed by atoms with Gasteiger partial charge in [-0.2, -0.15) is 0 Å². The van der Waals surface area contributed by atoms with E-state index >= 15 is 0 Å². The molecule has 0 radical (unpaired) electrons. The third kappa shape index (κ3) is 4.41. The fraction of sp³-hybridized carbons (Fsp3) is 0.161. The summed E-state index contributed by atoms with van der Waals surface area (Å²) in [5.41, 5.74) is 7.11. The van der Waals surface area contributed by atoms with E-state index in [0.717, 1.165) is 47.6 Å². The number of anilines is 2.